The van der Waals surface area contributed by atoms with Gasteiger partial charge in [-0.1, -0.05) is 11.6 Å². The molecule has 0 bridgehead atoms. The van der Waals surface area contributed by atoms with Crippen LogP contribution in [0.25, 0.3) is 10.9 Å². The lowest BCUT2D eigenvalue weighted by molar-refractivity contribution is -0.0925. The summed E-state index contributed by atoms with van der Waals surface area (Å²) in [6.45, 7) is 8.56. The fourth-order valence-electron chi connectivity index (χ4n) is 2.91. The van der Waals surface area contributed by atoms with Crippen molar-refractivity contribution in [1.29, 1.82) is 0 Å². The summed E-state index contributed by atoms with van der Waals surface area (Å²) in [5.41, 5.74) is 0.169. The van der Waals surface area contributed by atoms with Gasteiger partial charge in [0.2, 0.25) is 5.88 Å². The number of aromatic nitrogens is 2. The van der Waals surface area contributed by atoms with Gasteiger partial charge in [0.25, 0.3) is 0 Å². The van der Waals surface area contributed by atoms with Crippen LogP contribution in [-0.2, 0) is 9.47 Å². The number of carbonyl (C=O) groups excluding carboxylic acids is 1. The van der Waals surface area contributed by atoms with E-state index < -0.39 is 5.60 Å². The summed E-state index contributed by atoms with van der Waals surface area (Å²) < 4.78 is 17.3. The fourth-order valence-corrected chi connectivity index (χ4v) is 3.09. The highest BCUT2D eigenvalue weighted by molar-refractivity contribution is 6.30. The lowest BCUT2D eigenvalue weighted by atomic mass is 10.2. The zero-order chi connectivity index (χ0) is 19.6. The molecule has 0 saturated carbocycles. The minimum Gasteiger partial charge on any atom is -0.474 e. The fraction of sp³-hybridized carbons (Fsp3) is 0.526. The van der Waals surface area contributed by atoms with Gasteiger partial charge < -0.3 is 19.1 Å². The molecular weight excluding hydrogens is 370 g/mol. The Bertz CT molecular complexity index is 824. The molecule has 3 rings (SSSR count). The summed E-state index contributed by atoms with van der Waals surface area (Å²) >= 11 is 6.06. The molecule has 2 aromatic heterocycles. The predicted octanol–water partition coefficient (Wildman–Crippen LogP) is 3.69. The molecule has 27 heavy (non-hydrogen) atoms. The Balaban J connectivity index is 1.68. The van der Waals surface area contributed by atoms with E-state index >= 15 is 0 Å². The summed E-state index contributed by atoms with van der Waals surface area (Å²) in [6, 6.07) is 5.37. The van der Waals surface area contributed by atoms with Crippen LogP contribution in [0.3, 0.4) is 0 Å². The number of morpholine rings is 1. The first kappa shape index (κ1) is 19.6. The quantitative estimate of drug-likeness (QED) is 0.740. The monoisotopic (exact) mass is 393 g/mol. The average Bonchev–Trinajstić information content (AvgIpc) is 2.57. The maximum Gasteiger partial charge on any atom is 0.410 e. The van der Waals surface area contributed by atoms with E-state index in [0.717, 1.165) is 5.39 Å². The molecule has 1 aliphatic heterocycles. The zero-order valence-electron chi connectivity index (χ0n) is 15.9. The number of nitrogens with zero attached hydrogens (tertiary/aromatic N) is 3. The molecule has 0 aromatic carbocycles. The summed E-state index contributed by atoms with van der Waals surface area (Å²) in [7, 11) is 0. The van der Waals surface area contributed by atoms with E-state index in [1.54, 1.807) is 17.2 Å². The number of amides is 1. The topological polar surface area (TPSA) is 73.8 Å². The molecular formula is C19H24ClN3O4. The second-order valence-electron chi connectivity index (χ2n) is 7.59. The Kier molecular flexibility index (Phi) is 5.72. The number of pyridine rings is 2. The van der Waals surface area contributed by atoms with Crippen molar-refractivity contribution in [2.45, 2.75) is 45.5 Å². The standard InChI is InChI=1S/C19H24ClN3O4/c1-12-9-23(18(24)27-19(2,3)4)10-13(26-12)11-25-17-14-6-5-7-21-15(14)8-16(20)22-17/h5-8,12-13H,9-11H2,1-4H3/t12-,13-/m0/s1. The van der Waals surface area contributed by atoms with Gasteiger partial charge in [-0.2, -0.15) is 0 Å². The Morgan fingerprint density at radius 1 is 1.41 bits per heavy atom. The van der Waals surface area contributed by atoms with Gasteiger partial charge >= 0.3 is 6.09 Å². The molecule has 0 unspecified atom stereocenters. The van der Waals surface area contributed by atoms with E-state index in [2.05, 4.69) is 9.97 Å². The number of halogens is 1. The SMILES string of the molecule is C[C@H]1CN(C(=O)OC(C)(C)C)C[C@@H](COc2nc(Cl)cc3ncccc23)O1. The lowest BCUT2D eigenvalue weighted by Gasteiger charge is -2.37. The molecule has 2 atom stereocenters. The average molecular weight is 394 g/mol. The molecule has 1 aliphatic rings. The van der Waals surface area contributed by atoms with Crippen LogP contribution in [0.15, 0.2) is 24.4 Å². The lowest BCUT2D eigenvalue weighted by Crippen LogP contribution is -2.52. The third kappa shape index (κ3) is 5.20. The third-order valence-corrected chi connectivity index (χ3v) is 4.11. The first-order valence-electron chi connectivity index (χ1n) is 8.89. The minimum absolute atomic E-state index is 0.120. The van der Waals surface area contributed by atoms with Gasteiger partial charge in [-0.3, -0.25) is 4.98 Å². The van der Waals surface area contributed by atoms with E-state index in [1.807, 2.05) is 39.8 Å². The van der Waals surface area contributed by atoms with Crippen LogP contribution in [0, 0.1) is 0 Å². The Labute approximate surface area is 163 Å². The molecule has 0 radical (unpaired) electrons. The summed E-state index contributed by atoms with van der Waals surface area (Å²) in [5, 5.41) is 1.08. The second kappa shape index (κ2) is 7.86. The highest BCUT2D eigenvalue weighted by Gasteiger charge is 2.31. The summed E-state index contributed by atoms with van der Waals surface area (Å²) in [6.07, 6.45) is 0.921. The molecule has 146 valence electrons. The first-order valence-corrected chi connectivity index (χ1v) is 9.26. The normalized spacial score (nSPS) is 20.6. The number of carbonyl (C=O) groups is 1. The minimum atomic E-state index is -0.540. The molecule has 0 spiro atoms. The molecule has 8 heteroatoms. The molecule has 2 aromatic rings. The van der Waals surface area contributed by atoms with Crippen molar-refractivity contribution < 1.29 is 19.0 Å². The highest BCUT2D eigenvalue weighted by Crippen LogP contribution is 2.25. The van der Waals surface area contributed by atoms with E-state index in [0.29, 0.717) is 29.6 Å². The van der Waals surface area contributed by atoms with Crippen molar-refractivity contribution in [1.82, 2.24) is 14.9 Å². The zero-order valence-corrected chi connectivity index (χ0v) is 16.7. The molecule has 3 heterocycles. The molecule has 7 nitrogen and oxygen atoms in total. The number of rotatable bonds is 3. The van der Waals surface area contributed by atoms with E-state index in [9.17, 15) is 4.79 Å². The van der Waals surface area contributed by atoms with Crippen LogP contribution in [0.5, 0.6) is 5.88 Å². The van der Waals surface area contributed by atoms with Crippen LogP contribution in [0.4, 0.5) is 4.79 Å². The van der Waals surface area contributed by atoms with Crippen molar-refractivity contribution in [2.75, 3.05) is 19.7 Å². The van der Waals surface area contributed by atoms with Crippen LogP contribution in [0.1, 0.15) is 27.7 Å². The van der Waals surface area contributed by atoms with Crippen LogP contribution in [-0.4, -0.2) is 58.5 Å². The Morgan fingerprint density at radius 2 is 2.19 bits per heavy atom. The van der Waals surface area contributed by atoms with Gasteiger partial charge in [-0.05, 0) is 39.8 Å². The van der Waals surface area contributed by atoms with Gasteiger partial charge in [0, 0.05) is 12.3 Å². The van der Waals surface area contributed by atoms with E-state index in [-0.39, 0.29) is 24.9 Å². The maximum absolute atomic E-state index is 12.4. The van der Waals surface area contributed by atoms with E-state index in [4.69, 9.17) is 25.8 Å². The number of hydrogen-bond donors (Lipinski definition) is 0. The van der Waals surface area contributed by atoms with Gasteiger partial charge in [-0.25, -0.2) is 9.78 Å². The van der Waals surface area contributed by atoms with Crippen molar-refractivity contribution in [3.63, 3.8) is 0 Å². The van der Waals surface area contributed by atoms with Crippen LogP contribution >= 0.6 is 11.6 Å². The predicted molar refractivity (Wildman–Crippen MR) is 102 cm³/mol. The Hall–Kier alpha value is -2.12. The summed E-state index contributed by atoms with van der Waals surface area (Å²) in [5.74, 6) is 0.399. The first-order chi connectivity index (χ1) is 12.7. The number of fused-ring (bicyclic) bond motifs is 1. The van der Waals surface area contributed by atoms with Crippen molar-refractivity contribution >= 4 is 28.6 Å². The third-order valence-electron chi connectivity index (χ3n) is 3.92. The Morgan fingerprint density at radius 3 is 2.93 bits per heavy atom. The van der Waals surface area contributed by atoms with Crippen LogP contribution < -0.4 is 4.74 Å². The van der Waals surface area contributed by atoms with Gasteiger partial charge in [-0.15, -0.1) is 0 Å². The molecule has 1 fully saturated rings. The number of ether oxygens (including phenoxy) is 3. The van der Waals surface area contributed by atoms with Crippen molar-refractivity contribution in [3.8, 4) is 5.88 Å². The van der Waals surface area contributed by atoms with Gasteiger partial charge in [0.05, 0.1) is 30.1 Å². The van der Waals surface area contributed by atoms with Crippen molar-refractivity contribution in [2.24, 2.45) is 0 Å². The van der Waals surface area contributed by atoms with Crippen LogP contribution in [0.2, 0.25) is 5.15 Å². The second-order valence-corrected chi connectivity index (χ2v) is 7.97. The molecule has 1 amide bonds. The maximum atomic E-state index is 12.4. The smallest absolute Gasteiger partial charge is 0.410 e. The van der Waals surface area contributed by atoms with E-state index in [1.165, 1.54) is 0 Å². The highest BCUT2D eigenvalue weighted by atomic mass is 35.5. The molecule has 0 N–H and O–H groups in total. The van der Waals surface area contributed by atoms with Gasteiger partial charge in [0.1, 0.15) is 23.5 Å². The summed E-state index contributed by atoms with van der Waals surface area (Å²) in [4.78, 5) is 22.5. The van der Waals surface area contributed by atoms with Gasteiger partial charge in [0.15, 0.2) is 0 Å². The van der Waals surface area contributed by atoms with Crippen molar-refractivity contribution in [3.05, 3.63) is 29.5 Å². The number of hydrogen-bond acceptors (Lipinski definition) is 6. The molecule has 1 saturated heterocycles. The molecule has 0 aliphatic carbocycles. The largest absolute Gasteiger partial charge is 0.474 e.